The number of morpholine rings is 1. The average molecular weight is 285 g/mol. The first-order chi connectivity index (χ1) is 9.08. The summed E-state index contributed by atoms with van der Waals surface area (Å²) in [5, 5.41) is 4.15. The maximum atomic E-state index is 12.3. The molecule has 19 heavy (non-hydrogen) atoms. The van der Waals surface area contributed by atoms with Gasteiger partial charge in [0.25, 0.3) is 0 Å². The van der Waals surface area contributed by atoms with Crippen LogP contribution in [0.5, 0.6) is 0 Å². The Hall–Kier alpha value is -0.750. The Labute approximate surface area is 119 Å². The molecule has 1 fully saturated rings. The first kappa shape index (κ1) is 14.7. The molecule has 108 valence electrons. The van der Waals surface area contributed by atoms with Crippen LogP contribution in [0.2, 0.25) is 0 Å². The van der Waals surface area contributed by atoms with Crippen LogP contribution in [0.1, 0.15) is 20.8 Å². The predicted molar refractivity (Wildman–Crippen MR) is 78.5 cm³/mol. The molecule has 5 nitrogen and oxygen atoms in total. The molecule has 0 aromatic heterocycles. The van der Waals surface area contributed by atoms with Crippen molar-refractivity contribution in [2.24, 2.45) is 10.9 Å². The number of nitrogens with zero attached hydrogens (tertiary/aromatic N) is 2. The van der Waals surface area contributed by atoms with Gasteiger partial charge in [0, 0.05) is 18.8 Å². The molecule has 2 aliphatic heterocycles. The molecule has 3 unspecified atom stereocenters. The van der Waals surface area contributed by atoms with Crippen LogP contribution in [-0.4, -0.2) is 60.1 Å². The minimum atomic E-state index is -0.218. The topological polar surface area (TPSA) is 53.9 Å². The highest BCUT2D eigenvalue weighted by molar-refractivity contribution is 8.13. The van der Waals surface area contributed by atoms with Crippen LogP contribution >= 0.6 is 11.8 Å². The zero-order chi connectivity index (χ0) is 13.8. The highest BCUT2D eigenvalue weighted by Crippen LogP contribution is 2.21. The van der Waals surface area contributed by atoms with Gasteiger partial charge in [-0.15, -0.1) is 0 Å². The fourth-order valence-electron chi connectivity index (χ4n) is 2.08. The lowest BCUT2D eigenvalue weighted by Gasteiger charge is -2.31. The number of aliphatic imine (C=N–C) groups is 1. The third-order valence-electron chi connectivity index (χ3n) is 3.66. The van der Waals surface area contributed by atoms with E-state index >= 15 is 0 Å². The van der Waals surface area contributed by atoms with Gasteiger partial charge in [-0.3, -0.25) is 9.79 Å². The fraction of sp³-hybridized carbons (Fsp3) is 0.846. The van der Waals surface area contributed by atoms with E-state index in [1.165, 1.54) is 0 Å². The number of ether oxygens (including phenoxy) is 1. The standard InChI is InChI=1S/C13H23N3O2S/c1-9-8-19-13(14-10(9)2)15-11(3)12(17)16-4-6-18-7-5-16/h9-11H,4-8H2,1-3H3,(H,14,15). The summed E-state index contributed by atoms with van der Waals surface area (Å²) in [4.78, 5) is 18.7. The van der Waals surface area contributed by atoms with Crippen molar-refractivity contribution in [3.05, 3.63) is 0 Å². The maximum Gasteiger partial charge on any atom is 0.244 e. The van der Waals surface area contributed by atoms with Gasteiger partial charge in [0.1, 0.15) is 6.04 Å². The van der Waals surface area contributed by atoms with Crippen LogP contribution in [0.4, 0.5) is 0 Å². The third kappa shape index (κ3) is 3.86. The third-order valence-corrected chi connectivity index (χ3v) is 4.85. The molecule has 3 atom stereocenters. The molecule has 1 saturated heterocycles. The van der Waals surface area contributed by atoms with Crippen LogP contribution in [0.15, 0.2) is 4.99 Å². The zero-order valence-corrected chi connectivity index (χ0v) is 12.7. The Morgan fingerprint density at radius 1 is 1.47 bits per heavy atom. The maximum absolute atomic E-state index is 12.3. The highest BCUT2D eigenvalue weighted by atomic mass is 32.2. The van der Waals surface area contributed by atoms with Gasteiger partial charge in [-0.25, -0.2) is 0 Å². The average Bonchev–Trinajstić information content (AvgIpc) is 2.43. The van der Waals surface area contributed by atoms with Gasteiger partial charge in [-0.2, -0.15) is 0 Å². The van der Waals surface area contributed by atoms with Crippen LogP contribution < -0.4 is 5.32 Å². The van der Waals surface area contributed by atoms with Crippen molar-refractivity contribution < 1.29 is 9.53 Å². The molecular weight excluding hydrogens is 262 g/mol. The SMILES string of the molecule is CC(NC1=NC(C)C(C)CS1)C(=O)N1CCOCC1. The quantitative estimate of drug-likeness (QED) is 0.821. The number of carbonyl (C=O) groups excluding carboxylic acids is 1. The van der Waals surface area contributed by atoms with Crippen molar-refractivity contribution in [3.63, 3.8) is 0 Å². The molecule has 1 amide bonds. The van der Waals surface area contributed by atoms with Gasteiger partial charge in [0.15, 0.2) is 5.17 Å². The molecule has 0 spiro atoms. The minimum absolute atomic E-state index is 0.137. The zero-order valence-electron chi connectivity index (χ0n) is 11.9. The van der Waals surface area contributed by atoms with E-state index < -0.39 is 0 Å². The summed E-state index contributed by atoms with van der Waals surface area (Å²) < 4.78 is 5.26. The monoisotopic (exact) mass is 285 g/mol. The van der Waals surface area contributed by atoms with Crippen molar-refractivity contribution in [3.8, 4) is 0 Å². The van der Waals surface area contributed by atoms with Gasteiger partial charge in [-0.05, 0) is 19.8 Å². The molecule has 2 heterocycles. The summed E-state index contributed by atoms with van der Waals surface area (Å²) in [6.45, 7) is 8.91. The lowest BCUT2D eigenvalue weighted by atomic mass is 10.1. The van der Waals surface area contributed by atoms with E-state index in [-0.39, 0.29) is 11.9 Å². The van der Waals surface area contributed by atoms with Gasteiger partial charge in [0.05, 0.1) is 19.3 Å². The Kier molecular flexibility index (Phi) is 5.10. The summed E-state index contributed by atoms with van der Waals surface area (Å²) in [7, 11) is 0. The molecule has 0 radical (unpaired) electrons. The number of amidine groups is 1. The van der Waals surface area contributed by atoms with Gasteiger partial charge < -0.3 is 15.0 Å². The molecule has 0 saturated carbocycles. The molecule has 2 rings (SSSR count). The minimum Gasteiger partial charge on any atom is -0.378 e. The summed E-state index contributed by atoms with van der Waals surface area (Å²) in [5.41, 5.74) is 0. The molecule has 0 aromatic carbocycles. The van der Waals surface area contributed by atoms with E-state index in [2.05, 4.69) is 24.2 Å². The summed E-state index contributed by atoms with van der Waals surface area (Å²) in [6.07, 6.45) is 0. The predicted octanol–water partition coefficient (Wildman–Crippen LogP) is 0.951. The van der Waals surface area contributed by atoms with Crippen molar-refractivity contribution in [2.45, 2.75) is 32.9 Å². The van der Waals surface area contributed by atoms with Crippen LogP contribution in [-0.2, 0) is 9.53 Å². The van der Waals surface area contributed by atoms with E-state index in [9.17, 15) is 4.79 Å². The number of carbonyl (C=O) groups is 1. The normalized spacial score (nSPS) is 29.6. The van der Waals surface area contributed by atoms with E-state index in [1.54, 1.807) is 11.8 Å². The number of nitrogens with one attached hydrogen (secondary N) is 1. The molecule has 0 bridgehead atoms. The van der Waals surface area contributed by atoms with Crippen molar-refractivity contribution in [1.29, 1.82) is 0 Å². The van der Waals surface area contributed by atoms with Crippen LogP contribution in [0, 0.1) is 5.92 Å². The lowest BCUT2D eigenvalue weighted by molar-refractivity contribution is -0.136. The Morgan fingerprint density at radius 3 is 2.79 bits per heavy atom. The van der Waals surface area contributed by atoms with Gasteiger partial charge >= 0.3 is 0 Å². The van der Waals surface area contributed by atoms with E-state index in [4.69, 9.17) is 4.74 Å². The van der Waals surface area contributed by atoms with Gasteiger partial charge in [0.2, 0.25) is 5.91 Å². The molecule has 0 aliphatic carbocycles. The Bertz CT molecular complexity index is 356. The Morgan fingerprint density at radius 2 is 2.16 bits per heavy atom. The second-order valence-corrected chi connectivity index (χ2v) is 6.28. The largest absolute Gasteiger partial charge is 0.378 e. The summed E-state index contributed by atoms with van der Waals surface area (Å²) in [6, 6.07) is 0.111. The number of thioether (sulfide) groups is 1. The van der Waals surface area contributed by atoms with E-state index in [0.717, 1.165) is 10.9 Å². The van der Waals surface area contributed by atoms with Crippen LogP contribution in [0.3, 0.4) is 0 Å². The second kappa shape index (κ2) is 6.61. The van der Waals surface area contributed by atoms with Crippen molar-refractivity contribution in [1.82, 2.24) is 10.2 Å². The number of rotatable bonds is 2. The Balaban J connectivity index is 1.88. The van der Waals surface area contributed by atoms with E-state index in [0.29, 0.717) is 38.3 Å². The first-order valence-corrected chi connectivity index (χ1v) is 7.90. The lowest BCUT2D eigenvalue weighted by Crippen LogP contribution is -2.50. The number of amides is 1. The molecular formula is C13H23N3O2S. The summed E-state index contributed by atoms with van der Waals surface area (Å²) >= 11 is 1.71. The van der Waals surface area contributed by atoms with Crippen molar-refractivity contribution in [2.75, 3.05) is 32.1 Å². The smallest absolute Gasteiger partial charge is 0.244 e. The second-order valence-electron chi connectivity index (χ2n) is 5.27. The highest BCUT2D eigenvalue weighted by Gasteiger charge is 2.25. The molecule has 2 aliphatic rings. The van der Waals surface area contributed by atoms with Crippen molar-refractivity contribution >= 4 is 22.8 Å². The van der Waals surface area contributed by atoms with E-state index in [1.807, 2.05) is 11.8 Å². The number of hydrogen-bond acceptors (Lipinski definition) is 5. The number of hydrogen-bond donors (Lipinski definition) is 1. The fourth-order valence-corrected chi connectivity index (χ4v) is 3.28. The molecule has 6 heteroatoms. The summed E-state index contributed by atoms with van der Waals surface area (Å²) in [5.74, 6) is 1.80. The first-order valence-electron chi connectivity index (χ1n) is 6.91. The van der Waals surface area contributed by atoms with Crippen LogP contribution in [0.25, 0.3) is 0 Å². The molecule has 0 aromatic rings. The van der Waals surface area contributed by atoms with Gasteiger partial charge in [-0.1, -0.05) is 18.7 Å². The molecule has 1 N–H and O–H groups in total.